The maximum absolute atomic E-state index is 8.97. The van der Waals surface area contributed by atoms with Crippen LogP contribution in [-0.2, 0) is 5.41 Å². The Morgan fingerprint density at radius 1 is 1.06 bits per heavy atom. The van der Waals surface area contributed by atoms with Crippen LogP contribution in [0.25, 0.3) is 0 Å². The van der Waals surface area contributed by atoms with Gasteiger partial charge in [-0.05, 0) is 78.4 Å². The number of hydrogen-bond donors (Lipinski definition) is 0. The second kappa shape index (κ2) is 12.7. The lowest BCUT2D eigenvalue weighted by Gasteiger charge is -2.41. The molecule has 168 valence electrons. The summed E-state index contributed by atoms with van der Waals surface area (Å²) in [7, 11) is 0. The third-order valence-corrected chi connectivity index (χ3v) is 7.34. The number of hydrogen-bond acceptors (Lipinski definition) is 1. The molecule has 0 spiro atoms. The molecule has 0 saturated heterocycles. The van der Waals surface area contributed by atoms with Gasteiger partial charge in [-0.15, -0.1) is 0 Å². The first-order valence-corrected chi connectivity index (χ1v) is 12.6. The first-order valence-electron chi connectivity index (χ1n) is 12.6. The highest BCUT2D eigenvalue weighted by Gasteiger charge is 2.36. The lowest BCUT2D eigenvalue weighted by atomic mass is 9.63. The fourth-order valence-corrected chi connectivity index (χ4v) is 5.34. The Hall–Kier alpha value is -2.07. The summed E-state index contributed by atoms with van der Waals surface area (Å²) in [5.74, 6) is 2.03. The van der Waals surface area contributed by atoms with Crippen molar-refractivity contribution in [3.63, 3.8) is 0 Å². The molecule has 0 N–H and O–H groups in total. The molecule has 0 aromatic heterocycles. The van der Waals surface area contributed by atoms with Crippen molar-refractivity contribution < 1.29 is 0 Å². The van der Waals surface area contributed by atoms with Gasteiger partial charge in [0.15, 0.2) is 0 Å². The summed E-state index contributed by atoms with van der Waals surface area (Å²) in [5, 5.41) is 8.97. The van der Waals surface area contributed by atoms with E-state index in [9.17, 15) is 0 Å². The summed E-state index contributed by atoms with van der Waals surface area (Å²) in [6.07, 6.45) is 9.09. The Morgan fingerprint density at radius 2 is 1.74 bits per heavy atom. The molecular weight excluding hydrogens is 374 g/mol. The van der Waals surface area contributed by atoms with Gasteiger partial charge in [-0.1, -0.05) is 95.6 Å². The van der Waals surface area contributed by atoms with Crippen molar-refractivity contribution >= 4 is 0 Å². The number of nitrogens with zero attached hydrogens (tertiary/aromatic N) is 1. The van der Waals surface area contributed by atoms with Crippen molar-refractivity contribution in [2.75, 3.05) is 0 Å². The third-order valence-electron chi connectivity index (χ3n) is 7.34. The molecule has 1 aliphatic carbocycles. The molecule has 1 aliphatic rings. The maximum atomic E-state index is 8.97. The standard InChI is InChI=1S/C28H37N.C2H6/c1-4-22(2)20-25(23-12-6-5-7-13-23)21-24-16-18-28(3,17-10-11-19-29)27-15-9-8-14-26(24)27;1-2/h5-9,12-15,22,24-25H,4,10-11,16-18,20-21H2,1-3H3;1-2H3. The van der Waals surface area contributed by atoms with Gasteiger partial charge in [-0.2, -0.15) is 5.26 Å². The number of nitriles is 1. The Bertz CT molecular complexity index is 803. The number of benzene rings is 2. The molecule has 0 radical (unpaired) electrons. The van der Waals surface area contributed by atoms with Crippen molar-refractivity contribution in [1.29, 1.82) is 5.26 Å². The largest absolute Gasteiger partial charge is 0.198 e. The van der Waals surface area contributed by atoms with E-state index in [2.05, 4.69) is 81.4 Å². The van der Waals surface area contributed by atoms with Crippen molar-refractivity contribution in [1.82, 2.24) is 0 Å². The first-order chi connectivity index (χ1) is 15.1. The van der Waals surface area contributed by atoms with E-state index in [4.69, 9.17) is 5.26 Å². The molecule has 1 heteroatoms. The molecule has 0 aliphatic heterocycles. The zero-order valence-electron chi connectivity index (χ0n) is 20.5. The predicted molar refractivity (Wildman–Crippen MR) is 134 cm³/mol. The van der Waals surface area contributed by atoms with Gasteiger partial charge in [0.05, 0.1) is 6.07 Å². The van der Waals surface area contributed by atoms with E-state index in [0.717, 1.165) is 18.8 Å². The molecule has 1 nitrogen and oxygen atoms in total. The highest BCUT2D eigenvalue weighted by Crippen LogP contribution is 2.48. The average molecular weight is 418 g/mol. The second-order valence-corrected chi connectivity index (χ2v) is 9.49. The average Bonchev–Trinajstić information content (AvgIpc) is 2.82. The zero-order valence-corrected chi connectivity index (χ0v) is 20.5. The smallest absolute Gasteiger partial charge is 0.0621 e. The van der Waals surface area contributed by atoms with Crippen molar-refractivity contribution in [2.24, 2.45) is 5.92 Å². The topological polar surface area (TPSA) is 23.8 Å². The monoisotopic (exact) mass is 417 g/mol. The fourth-order valence-electron chi connectivity index (χ4n) is 5.34. The number of rotatable bonds is 9. The Morgan fingerprint density at radius 3 is 2.42 bits per heavy atom. The number of unbranched alkanes of at least 4 members (excludes halogenated alkanes) is 1. The molecule has 0 fully saturated rings. The number of fused-ring (bicyclic) bond motifs is 1. The normalized spacial score (nSPS) is 21.7. The minimum Gasteiger partial charge on any atom is -0.198 e. The van der Waals surface area contributed by atoms with Crippen LogP contribution < -0.4 is 0 Å². The second-order valence-electron chi connectivity index (χ2n) is 9.49. The fraction of sp³-hybridized carbons (Fsp3) is 0.567. The molecule has 0 bridgehead atoms. The van der Waals surface area contributed by atoms with Crippen LogP contribution in [0.1, 0.15) is 115 Å². The Balaban J connectivity index is 0.00000166. The molecule has 2 aromatic carbocycles. The summed E-state index contributed by atoms with van der Waals surface area (Å²) in [6.45, 7) is 11.1. The van der Waals surface area contributed by atoms with E-state index >= 15 is 0 Å². The van der Waals surface area contributed by atoms with Crippen LogP contribution in [0, 0.1) is 17.2 Å². The minimum absolute atomic E-state index is 0.225. The Labute approximate surface area is 191 Å². The van der Waals surface area contributed by atoms with E-state index < -0.39 is 0 Å². The highest BCUT2D eigenvalue weighted by molar-refractivity contribution is 5.39. The molecular formula is C30H43N. The van der Waals surface area contributed by atoms with E-state index in [1.807, 2.05) is 13.8 Å². The van der Waals surface area contributed by atoms with Gasteiger partial charge in [0, 0.05) is 6.42 Å². The molecule has 0 amide bonds. The zero-order chi connectivity index (χ0) is 22.7. The van der Waals surface area contributed by atoms with Gasteiger partial charge in [0.25, 0.3) is 0 Å². The third kappa shape index (κ3) is 6.70. The van der Waals surface area contributed by atoms with Gasteiger partial charge >= 0.3 is 0 Å². The summed E-state index contributed by atoms with van der Waals surface area (Å²) in [6, 6.07) is 22.7. The predicted octanol–water partition coefficient (Wildman–Crippen LogP) is 9.15. The van der Waals surface area contributed by atoms with Gasteiger partial charge < -0.3 is 0 Å². The van der Waals surface area contributed by atoms with E-state index in [1.54, 1.807) is 11.1 Å². The van der Waals surface area contributed by atoms with E-state index in [1.165, 1.54) is 37.7 Å². The van der Waals surface area contributed by atoms with Crippen LogP contribution in [-0.4, -0.2) is 0 Å². The molecule has 31 heavy (non-hydrogen) atoms. The summed E-state index contributed by atoms with van der Waals surface area (Å²) < 4.78 is 0. The van der Waals surface area contributed by atoms with Crippen LogP contribution in [0.4, 0.5) is 0 Å². The van der Waals surface area contributed by atoms with Gasteiger partial charge in [-0.25, -0.2) is 0 Å². The molecule has 4 unspecified atom stereocenters. The molecule has 2 aromatic rings. The summed E-state index contributed by atoms with van der Waals surface area (Å²) in [5.41, 5.74) is 4.85. The van der Waals surface area contributed by atoms with Gasteiger partial charge in [-0.3, -0.25) is 0 Å². The van der Waals surface area contributed by atoms with Crippen LogP contribution in [0.3, 0.4) is 0 Å². The van der Waals surface area contributed by atoms with E-state index in [0.29, 0.717) is 18.3 Å². The van der Waals surface area contributed by atoms with Crippen molar-refractivity contribution in [3.05, 3.63) is 71.3 Å². The van der Waals surface area contributed by atoms with Gasteiger partial charge in [0.1, 0.15) is 0 Å². The maximum Gasteiger partial charge on any atom is 0.0621 e. The van der Waals surface area contributed by atoms with E-state index in [-0.39, 0.29) is 5.41 Å². The molecule has 0 heterocycles. The lowest BCUT2D eigenvalue weighted by Crippen LogP contribution is -2.30. The van der Waals surface area contributed by atoms with Gasteiger partial charge in [0.2, 0.25) is 0 Å². The van der Waals surface area contributed by atoms with Crippen molar-refractivity contribution in [3.8, 4) is 6.07 Å². The SMILES string of the molecule is CC.CCC(C)CC(CC1CCC(C)(CCCC#N)c2ccccc21)c1ccccc1. The lowest BCUT2D eigenvalue weighted by molar-refractivity contribution is 0.312. The molecule has 0 saturated carbocycles. The quantitative estimate of drug-likeness (QED) is 0.373. The summed E-state index contributed by atoms with van der Waals surface area (Å²) in [4.78, 5) is 0. The minimum atomic E-state index is 0.225. The first kappa shape index (κ1) is 25.2. The Kier molecular flexibility index (Phi) is 10.3. The van der Waals surface area contributed by atoms with Crippen LogP contribution in [0.15, 0.2) is 54.6 Å². The summed E-state index contributed by atoms with van der Waals surface area (Å²) >= 11 is 0. The van der Waals surface area contributed by atoms with Crippen molar-refractivity contribution in [2.45, 2.75) is 103 Å². The molecule has 4 atom stereocenters. The molecule has 3 rings (SSSR count). The van der Waals surface area contributed by atoms with Crippen LogP contribution in [0.2, 0.25) is 0 Å². The van der Waals surface area contributed by atoms with Crippen LogP contribution in [0.5, 0.6) is 0 Å². The highest BCUT2D eigenvalue weighted by atomic mass is 14.4. The van der Waals surface area contributed by atoms with Crippen LogP contribution >= 0.6 is 0 Å².